The summed E-state index contributed by atoms with van der Waals surface area (Å²) in [5.41, 5.74) is 4.07. The maximum atomic E-state index is 12.2. The number of carbonyl (C=O) groups is 1. The summed E-state index contributed by atoms with van der Waals surface area (Å²) in [6.07, 6.45) is 2.21. The summed E-state index contributed by atoms with van der Waals surface area (Å²) in [4.78, 5) is 12.2. The van der Waals surface area contributed by atoms with Gasteiger partial charge in [-0.25, -0.2) is 4.79 Å². The van der Waals surface area contributed by atoms with Crippen molar-refractivity contribution in [2.75, 3.05) is 0 Å². The molecular weight excluding hydrogens is 346 g/mol. The zero-order valence-corrected chi connectivity index (χ0v) is 15.6. The number of ether oxygens (including phenoxy) is 1. The van der Waals surface area contributed by atoms with Crippen LogP contribution < -0.4 is 4.74 Å². The lowest BCUT2D eigenvalue weighted by Crippen LogP contribution is -2.08. The van der Waals surface area contributed by atoms with E-state index in [9.17, 15) is 4.79 Å². The van der Waals surface area contributed by atoms with Crippen molar-refractivity contribution in [3.05, 3.63) is 101 Å². The van der Waals surface area contributed by atoms with Crippen LogP contribution in [0.25, 0.3) is 0 Å². The predicted octanol–water partition coefficient (Wildman–Crippen LogP) is 5.13. The number of hydrogen-bond donors (Lipinski definition) is 0. The first kappa shape index (κ1) is 19.0. The number of carbonyl (C=O) groups excluding carboxylic acids is 1. The third kappa shape index (κ3) is 5.10. The van der Waals surface area contributed by atoms with Crippen LogP contribution in [0, 0.1) is 23.2 Å². The van der Waals surface area contributed by atoms with Gasteiger partial charge in [0.25, 0.3) is 0 Å². The van der Waals surface area contributed by atoms with Gasteiger partial charge in [0, 0.05) is 11.1 Å². The molecule has 3 aromatic rings. The van der Waals surface area contributed by atoms with E-state index in [1.54, 1.807) is 48.5 Å². The third-order valence-corrected chi connectivity index (χ3v) is 4.16. The van der Waals surface area contributed by atoms with Gasteiger partial charge in [0.1, 0.15) is 5.75 Å². The lowest BCUT2D eigenvalue weighted by molar-refractivity contribution is 0.0735. The van der Waals surface area contributed by atoms with E-state index in [4.69, 9.17) is 10.00 Å². The van der Waals surface area contributed by atoms with Gasteiger partial charge in [0.2, 0.25) is 0 Å². The van der Waals surface area contributed by atoms with E-state index < -0.39 is 5.97 Å². The zero-order valence-electron chi connectivity index (χ0n) is 15.6. The molecule has 0 fully saturated rings. The van der Waals surface area contributed by atoms with Gasteiger partial charge in [-0.15, -0.1) is 0 Å². The maximum Gasteiger partial charge on any atom is 0.343 e. The van der Waals surface area contributed by atoms with Crippen molar-refractivity contribution < 1.29 is 9.53 Å². The predicted molar refractivity (Wildman–Crippen MR) is 109 cm³/mol. The molecule has 0 aliphatic heterocycles. The zero-order chi connectivity index (χ0) is 19.8. The summed E-state index contributed by atoms with van der Waals surface area (Å²) < 4.78 is 5.32. The molecule has 0 aliphatic carbocycles. The third-order valence-electron chi connectivity index (χ3n) is 4.16. The van der Waals surface area contributed by atoms with Crippen LogP contribution in [-0.2, 0) is 6.42 Å². The number of rotatable bonds is 4. The van der Waals surface area contributed by atoms with Crippen molar-refractivity contribution in [3.63, 3.8) is 0 Å². The lowest BCUT2D eigenvalue weighted by Gasteiger charge is -2.04. The second-order valence-electron chi connectivity index (χ2n) is 6.30. The molecule has 0 unspecified atom stereocenters. The molecule has 136 valence electrons. The number of hydrogen-bond acceptors (Lipinski definition) is 3. The molecule has 0 spiro atoms. The van der Waals surface area contributed by atoms with Crippen molar-refractivity contribution in [2.24, 2.45) is 0 Å². The Balaban J connectivity index is 1.64. The molecule has 3 nitrogen and oxygen atoms in total. The van der Waals surface area contributed by atoms with Crippen molar-refractivity contribution >= 4 is 5.97 Å². The fourth-order valence-electron chi connectivity index (χ4n) is 2.64. The van der Waals surface area contributed by atoms with E-state index in [0.29, 0.717) is 16.9 Å². The molecule has 3 aromatic carbocycles. The Hall–Kier alpha value is -3.82. The number of esters is 1. The molecule has 3 rings (SSSR count). The Morgan fingerprint density at radius 3 is 1.89 bits per heavy atom. The smallest absolute Gasteiger partial charge is 0.343 e. The molecule has 0 amide bonds. The monoisotopic (exact) mass is 365 g/mol. The number of nitriles is 1. The Bertz CT molecular complexity index is 1050. The van der Waals surface area contributed by atoms with Gasteiger partial charge in [-0.2, -0.15) is 5.26 Å². The van der Waals surface area contributed by atoms with Crippen LogP contribution in [0.1, 0.15) is 46.0 Å². The molecule has 0 N–H and O–H groups in total. The first-order valence-electron chi connectivity index (χ1n) is 9.11. The average molecular weight is 365 g/mol. The van der Waals surface area contributed by atoms with E-state index in [2.05, 4.69) is 30.9 Å². The van der Waals surface area contributed by atoms with E-state index >= 15 is 0 Å². The van der Waals surface area contributed by atoms with Crippen molar-refractivity contribution in [3.8, 4) is 23.7 Å². The standard InChI is InChI=1S/C25H19NO2/c1-2-3-19-4-6-20(7-5-19)8-9-21-10-14-23(15-11-21)25(27)28-24-16-12-22(18-26)13-17-24/h4-7,10-17H,2-3H2,1H3. The molecule has 0 bridgehead atoms. The van der Waals surface area contributed by atoms with Crippen LogP contribution in [0.15, 0.2) is 72.8 Å². The Morgan fingerprint density at radius 1 is 0.821 bits per heavy atom. The summed E-state index contributed by atoms with van der Waals surface area (Å²) >= 11 is 0. The number of benzene rings is 3. The second-order valence-corrected chi connectivity index (χ2v) is 6.30. The van der Waals surface area contributed by atoms with E-state index in [1.165, 1.54) is 5.56 Å². The maximum absolute atomic E-state index is 12.2. The van der Waals surface area contributed by atoms with Crippen molar-refractivity contribution in [1.82, 2.24) is 0 Å². The summed E-state index contributed by atoms with van der Waals surface area (Å²) in [7, 11) is 0. The molecule has 0 saturated carbocycles. The molecular formula is C25H19NO2. The van der Waals surface area contributed by atoms with Crippen LogP contribution in [-0.4, -0.2) is 5.97 Å². The summed E-state index contributed by atoms with van der Waals surface area (Å²) in [5.74, 6) is 6.20. The molecule has 0 atom stereocenters. The lowest BCUT2D eigenvalue weighted by atomic mass is 10.1. The largest absolute Gasteiger partial charge is 0.423 e. The highest BCUT2D eigenvalue weighted by Crippen LogP contribution is 2.14. The Morgan fingerprint density at radius 2 is 1.36 bits per heavy atom. The quantitative estimate of drug-likeness (QED) is 0.366. The fraction of sp³-hybridized carbons (Fsp3) is 0.120. The average Bonchev–Trinajstić information content (AvgIpc) is 2.74. The topological polar surface area (TPSA) is 50.1 Å². The van der Waals surface area contributed by atoms with Crippen LogP contribution in [0.2, 0.25) is 0 Å². The highest BCUT2D eigenvalue weighted by atomic mass is 16.5. The van der Waals surface area contributed by atoms with Crippen LogP contribution in [0.3, 0.4) is 0 Å². The van der Waals surface area contributed by atoms with Gasteiger partial charge in [-0.3, -0.25) is 0 Å². The number of nitrogens with zero attached hydrogens (tertiary/aromatic N) is 1. The van der Waals surface area contributed by atoms with Gasteiger partial charge in [0.05, 0.1) is 17.2 Å². The molecule has 0 heterocycles. The molecule has 0 aliphatic rings. The van der Waals surface area contributed by atoms with Crippen LogP contribution in [0.5, 0.6) is 5.75 Å². The van der Waals surface area contributed by atoms with E-state index in [1.807, 2.05) is 18.2 Å². The first-order chi connectivity index (χ1) is 13.7. The minimum absolute atomic E-state index is 0.402. The Kier molecular flexibility index (Phi) is 6.24. The van der Waals surface area contributed by atoms with Gasteiger partial charge in [-0.1, -0.05) is 37.3 Å². The van der Waals surface area contributed by atoms with Crippen molar-refractivity contribution in [1.29, 1.82) is 5.26 Å². The highest BCUT2D eigenvalue weighted by molar-refractivity contribution is 5.91. The van der Waals surface area contributed by atoms with Gasteiger partial charge in [-0.05, 0) is 72.6 Å². The van der Waals surface area contributed by atoms with Crippen molar-refractivity contribution in [2.45, 2.75) is 19.8 Å². The molecule has 28 heavy (non-hydrogen) atoms. The molecule has 0 aromatic heterocycles. The van der Waals surface area contributed by atoms with Gasteiger partial charge < -0.3 is 4.74 Å². The summed E-state index contributed by atoms with van der Waals surface area (Å²) in [6.45, 7) is 2.16. The van der Waals surface area contributed by atoms with Gasteiger partial charge >= 0.3 is 5.97 Å². The van der Waals surface area contributed by atoms with Gasteiger partial charge in [0.15, 0.2) is 0 Å². The normalized spacial score (nSPS) is 9.71. The minimum Gasteiger partial charge on any atom is -0.423 e. The summed E-state index contributed by atoms with van der Waals surface area (Å²) in [5, 5.41) is 8.80. The molecule has 0 radical (unpaired) electrons. The van der Waals surface area contributed by atoms with E-state index in [0.717, 1.165) is 24.0 Å². The number of aryl methyl sites for hydroxylation is 1. The molecule has 0 saturated heterocycles. The van der Waals surface area contributed by atoms with Crippen LogP contribution in [0.4, 0.5) is 0 Å². The molecule has 3 heteroatoms. The minimum atomic E-state index is -0.448. The van der Waals surface area contributed by atoms with E-state index in [-0.39, 0.29) is 0 Å². The van der Waals surface area contributed by atoms with Crippen LogP contribution >= 0.6 is 0 Å². The SMILES string of the molecule is CCCc1ccc(C#Cc2ccc(C(=O)Oc3ccc(C#N)cc3)cc2)cc1. The second kappa shape index (κ2) is 9.21. The summed E-state index contributed by atoms with van der Waals surface area (Å²) in [6, 6.07) is 23.7. The Labute approximate surface area is 165 Å². The first-order valence-corrected chi connectivity index (χ1v) is 9.11. The highest BCUT2D eigenvalue weighted by Gasteiger charge is 2.08. The fourth-order valence-corrected chi connectivity index (χ4v) is 2.64.